The SMILES string of the molecule is C=CC(=O)N1CCc2c(nc(Cc3ccc(C(F)(F)F)cc3)nc2C2=CCN(CC3CCCNC3)[N+]2=O)C1. The lowest BCUT2D eigenvalue weighted by molar-refractivity contribution is -0.625. The monoisotopic (exact) mass is 527 g/mol. The topological polar surface area (TPSA) is 81.4 Å². The summed E-state index contributed by atoms with van der Waals surface area (Å²) in [4.78, 5) is 37.7. The van der Waals surface area contributed by atoms with Crippen LogP contribution in [0.15, 0.2) is 43.0 Å². The molecule has 1 saturated heterocycles. The molecule has 0 bridgehead atoms. The van der Waals surface area contributed by atoms with Crippen LogP contribution < -0.4 is 5.32 Å². The van der Waals surface area contributed by atoms with Crippen LogP contribution in [0.2, 0.25) is 0 Å². The highest BCUT2D eigenvalue weighted by molar-refractivity contribution is 5.87. The number of rotatable bonds is 6. The molecule has 200 valence electrons. The van der Waals surface area contributed by atoms with Crippen molar-refractivity contribution in [2.45, 2.75) is 38.4 Å². The predicted molar refractivity (Wildman–Crippen MR) is 134 cm³/mol. The molecule has 5 rings (SSSR count). The highest BCUT2D eigenvalue weighted by Crippen LogP contribution is 2.31. The molecule has 0 spiro atoms. The Labute approximate surface area is 218 Å². The Bertz CT molecular complexity index is 1270. The number of nitroso groups, excluding NO2 is 1. The molecule has 11 heteroatoms. The standard InChI is InChI=1S/C27H30F3N6O2/c1-2-25(37)34-12-9-21-22(17-34)32-24(14-18-5-7-20(8-6-18)27(28,29)30)33-26(21)23-10-13-35(36(23)38)16-19-4-3-11-31-15-19/h2,5-8,10,19,31H,1,3-4,9,11-17H2/q+1. The average molecular weight is 528 g/mol. The van der Waals surface area contributed by atoms with Gasteiger partial charge in [-0.05, 0) is 62.0 Å². The number of aromatic nitrogens is 2. The third-order valence-corrected chi connectivity index (χ3v) is 7.31. The lowest BCUT2D eigenvalue weighted by Crippen LogP contribution is -2.40. The van der Waals surface area contributed by atoms with E-state index in [1.165, 1.54) is 18.2 Å². The van der Waals surface area contributed by atoms with Gasteiger partial charge in [0.25, 0.3) is 0 Å². The van der Waals surface area contributed by atoms with Crippen LogP contribution in [-0.4, -0.2) is 63.4 Å². The number of nitrogens with one attached hydrogen (secondary N) is 1. The van der Waals surface area contributed by atoms with E-state index in [1.807, 2.05) is 6.08 Å². The van der Waals surface area contributed by atoms with Crippen molar-refractivity contribution in [3.8, 4) is 0 Å². The summed E-state index contributed by atoms with van der Waals surface area (Å²) in [6.45, 7) is 7.27. The van der Waals surface area contributed by atoms with E-state index in [4.69, 9.17) is 4.98 Å². The van der Waals surface area contributed by atoms with Crippen molar-refractivity contribution in [1.29, 1.82) is 0 Å². The summed E-state index contributed by atoms with van der Waals surface area (Å²) >= 11 is 0. The largest absolute Gasteiger partial charge is 0.416 e. The van der Waals surface area contributed by atoms with Crippen molar-refractivity contribution in [3.05, 3.63) is 81.8 Å². The normalized spacial score (nSPS) is 19.8. The molecule has 2 aromatic rings. The third-order valence-electron chi connectivity index (χ3n) is 7.31. The van der Waals surface area contributed by atoms with E-state index in [0.717, 1.165) is 48.5 Å². The Morgan fingerprint density at radius 3 is 2.71 bits per heavy atom. The first-order chi connectivity index (χ1) is 18.2. The van der Waals surface area contributed by atoms with Crippen molar-refractivity contribution in [1.82, 2.24) is 25.2 Å². The molecule has 1 aromatic carbocycles. The first-order valence-electron chi connectivity index (χ1n) is 12.8. The van der Waals surface area contributed by atoms with Crippen LogP contribution in [-0.2, 0) is 30.4 Å². The maximum absolute atomic E-state index is 13.4. The molecule has 8 nitrogen and oxygen atoms in total. The fraction of sp³-hybridized carbons (Fsp3) is 0.444. The van der Waals surface area contributed by atoms with Crippen LogP contribution in [0.25, 0.3) is 5.70 Å². The van der Waals surface area contributed by atoms with Gasteiger partial charge in [0.2, 0.25) is 5.91 Å². The van der Waals surface area contributed by atoms with Gasteiger partial charge in [0.05, 0.1) is 29.3 Å². The maximum atomic E-state index is 13.4. The molecule has 1 aromatic heterocycles. The van der Waals surface area contributed by atoms with Gasteiger partial charge in [-0.3, -0.25) is 4.79 Å². The van der Waals surface area contributed by atoms with Gasteiger partial charge in [0.15, 0.2) is 4.87 Å². The quantitative estimate of drug-likeness (QED) is 0.458. The van der Waals surface area contributed by atoms with E-state index in [1.54, 1.807) is 9.91 Å². The number of alkyl halides is 3. The minimum absolute atomic E-state index is 0.192. The van der Waals surface area contributed by atoms with Crippen molar-refractivity contribution in [2.24, 2.45) is 5.92 Å². The minimum atomic E-state index is -4.42. The molecule has 38 heavy (non-hydrogen) atoms. The van der Waals surface area contributed by atoms with Crippen LogP contribution in [0.3, 0.4) is 0 Å². The molecule has 1 atom stereocenters. The molecule has 1 fully saturated rings. The molecule has 1 N–H and O–H groups in total. The zero-order valence-electron chi connectivity index (χ0n) is 21.0. The number of carbonyl (C=O) groups is 1. The summed E-state index contributed by atoms with van der Waals surface area (Å²) in [6.07, 6.45) is 1.55. The summed E-state index contributed by atoms with van der Waals surface area (Å²) in [7, 11) is 0. The van der Waals surface area contributed by atoms with Gasteiger partial charge in [0.1, 0.15) is 18.1 Å². The van der Waals surface area contributed by atoms with Crippen molar-refractivity contribution in [2.75, 3.05) is 32.7 Å². The summed E-state index contributed by atoms with van der Waals surface area (Å²) in [5, 5.41) is 5.15. The Morgan fingerprint density at radius 1 is 1.24 bits per heavy atom. The smallest absolute Gasteiger partial charge is 0.333 e. The Hall–Kier alpha value is -3.60. The van der Waals surface area contributed by atoms with E-state index >= 15 is 0 Å². The van der Waals surface area contributed by atoms with Crippen LogP contribution >= 0.6 is 0 Å². The number of benzene rings is 1. The van der Waals surface area contributed by atoms with Gasteiger partial charge in [-0.25, -0.2) is 9.97 Å². The summed E-state index contributed by atoms with van der Waals surface area (Å²) in [5.41, 5.74) is 2.33. The molecule has 0 aliphatic carbocycles. The average Bonchev–Trinajstić information content (AvgIpc) is 3.27. The molecule has 3 aliphatic heterocycles. The van der Waals surface area contributed by atoms with E-state index in [9.17, 15) is 22.9 Å². The molecule has 3 aliphatic rings. The molecule has 1 amide bonds. The molecular formula is C27H30F3N6O2+. The van der Waals surface area contributed by atoms with E-state index < -0.39 is 11.7 Å². The fourth-order valence-electron chi connectivity index (χ4n) is 5.29. The number of nitrogens with zero attached hydrogens (tertiary/aromatic N) is 5. The van der Waals surface area contributed by atoms with Gasteiger partial charge in [-0.2, -0.15) is 13.2 Å². The molecule has 0 saturated carbocycles. The number of halogens is 3. The van der Waals surface area contributed by atoms with E-state index in [0.29, 0.717) is 60.4 Å². The second kappa shape index (κ2) is 10.6. The summed E-state index contributed by atoms with van der Waals surface area (Å²) < 4.78 is 39.0. The number of piperidine rings is 1. The second-order valence-electron chi connectivity index (χ2n) is 9.95. The molecule has 4 heterocycles. The molecular weight excluding hydrogens is 497 g/mol. The number of amides is 1. The van der Waals surface area contributed by atoms with Gasteiger partial charge < -0.3 is 10.2 Å². The zero-order chi connectivity index (χ0) is 26.9. The zero-order valence-corrected chi connectivity index (χ0v) is 21.0. The first-order valence-corrected chi connectivity index (χ1v) is 12.8. The number of carbonyl (C=O) groups excluding carboxylic acids is 1. The van der Waals surface area contributed by atoms with Crippen LogP contribution in [0.1, 0.15) is 46.7 Å². The highest BCUT2D eigenvalue weighted by atomic mass is 19.4. The Morgan fingerprint density at radius 2 is 2.03 bits per heavy atom. The first kappa shape index (κ1) is 26.0. The van der Waals surface area contributed by atoms with E-state index in [-0.39, 0.29) is 18.9 Å². The Kier molecular flexibility index (Phi) is 7.29. The summed E-state index contributed by atoms with van der Waals surface area (Å²) in [6, 6.07) is 4.90. The van der Waals surface area contributed by atoms with Gasteiger partial charge in [0, 0.05) is 24.6 Å². The second-order valence-corrected chi connectivity index (χ2v) is 9.95. The van der Waals surface area contributed by atoms with Crippen LogP contribution in [0.4, 0.5) is 13.2 Å². The Balaban J connectivity index is 1.44. The number of hydrazine groups is 1. The third kappa shape index (κ3) is 5.47. The fourth-order valence-corrected chi connectivity index (χ4v) is 5.29. The lowest BCUT2D eigenvalue weighted by Gasteiger charge is -2.28. The summed E-state index contributed by atoms with van der Waals surface area (Å²) in [5.74, 6) is 0.564. The maximum Gasteiger partial charge on any atom is 0.416 e. The van der Waals surface area contributed by atoms with Crippen molar-refractivity contribution < 1.29 is 22.8 Å². The molecule has 1 unspecified atom stereocenters. The van der Waals surface area contributed by atoms with Crippen molar-refractivity contribution in [3.63, 3.8) is 0 Å². The van der Waals surface area contributed by atoms with Gasteiger partial charge in [-0.15, -0.1) is 5.01 Å². The molecule has 0 radical (unpaired) electrons. The highest BCUT2D eigenvalue weighted by Gasteiger charge is 2.40. The predicted octanol–water partition coefficient (Wildman–Crippen LogP) is 3.51. The number of hydrogen-bond donors (Lipinski definition) is 1. The lowest BCUT2D eigenvalue weighted by atomic mass is 10.00. The van der Waals surface area contributed by atoms with Crippen LogP contribution in [0.5, 0.6) is 0 Å². The van der Waals surface area contributed by atoms with Crippen molar-refractivity contribution >= 4 is 11.6 Å². The van der Waals surface area contributed by atoms with Gasteiger partial charge >= 0.3 is 11.9 Å². The van der Waals surface area contributed by atoms with Gasteiger partial charge in [-0.1, -0.05) is 18.7 Å². The number of fused-ring (bicyclic) bond motifs is 1. The van der Waals surface area contributed by atoms with Crippen LogP contribution in [0, 0.1) is 10.8 Å². The van der Waals surface area contributed by atoms with E-state index in [2.05, 4.69) is 16.9 Å². The number of hydrogen-bond acceptors (Lipinski definition) is 5. The minimum Gasteiger partial charge on any atom is -0.333 e.